The number of aromatic amines is 1. The number of β-amino-alcohol motifs (C(OH)–C–C–N with tert-alkyl or cyclic N) is 1. The molecule has 0 radical (unpaired) electrons. The number of halogens is 1. The molecule has 2 aromatic heterocycles. The van der Waals surface area contributed by atoms with Gasteiger partial charge >= 0.3 is 0 Å². The molecule has 0 bridgehead atoms. The second-order valence-corrected chi connectivity index (χ2v) is 7.78. The van der Waals surface area contributed by atoms with Crippen molar-refractivity contribution in [2.75, 3.05) is 23.7 Å². The fourth-order valence-corrected chi connectivity index (χ4v) is 4.28. The summed E-state index contributed by atoms with van der Waals surface area (Å²) in [4.78, 5) is 27.1. The van der Waals surface area contributed by atoms with Crippen molar-refractivity contribution in [2.24, 2.45) is 0 Å². The summed E-state index contributed by atoms with van der Waals surface area (Å²) in [5.41, 5.74) is 0.784. The number of nitrogens with one attached hydrogen (secondary N) is 3. The molecule has 3 atom stereocenters. The van der Waals surface area contributed by atoms with E-state index in [-0.39, 0.29) is 36.5 Å². The quantitative estimate of drug-likeness (QED) is 0.595. The van der Waals surface area contributed by atoms with Gasteiger partial charge < -0.3 is 25.6 Å². The van der Waals surface area contributed by atoms with Gasteiger partial charge in [-0.25, -0.2) is 9.97 Å². The van der Waals surface area contributed by atoms with Gasteiger partial charge in [-0.3, -0.25) is 4.79 Å². The maximum Gasteiger partial charge on any atom is 0.259 e. The van der Waals surface area contributed by atoms with Crippen LogP contribution in [0, 0.1) is 0 Å². The molecule has 4 heterocycles. The summed E-state index contributed by atoms with van der Waals surface area (Å²) in [5.74, 6) is 1.52. The van der Waals surface area contributed by atoms with E-state index < -0.39 is 0 Å². The first-order chi connectivity index (χ1) is 12.6. The normalized spacial score (nSPS) is 23.6. The number of carbonyl (C=O) groups is 1. The average molecular weight is 411 g/mol. The predicted octanol–water partition coefficient (Wildman–Crippen LogP) is 1.00. The number of aromatic nitrogens is 3. The van der Waals surface area contributed by atoms with E-state index in [1.54, 1.807) is 11.8 Å². The average Bonchev–Trinajstić information content (AvgIpc) is 3.30. The van der Waals surface area contributed by atoms with E-state index in [0.717, 1.165) is 29.1 Å². The van der Waals surface area contributed by atoms with E-state index in [4.69, 9.17) is 0 Å². The van der Waals surface area contributed by atoms with Gasteiger partial charge in [0.05, 0.1) is 16.4 Å². The molecule has 1 fully saturated rings. The summed E-state index contributed by atoms with van der Waals surface area (Å²) in [7, 11) is 0. The molecule has 1 amide bonds. The molecule has 4 N–H and O–H groups in total. The van der Waals surface area contributed by atoms with E-state index in [1.807, 2.05) is 30.3 Å². The molecular weight excluding hydrogens is 388 g/mol. The summed E-state index contributed by atoms with van der Waals surface area (Å²) >= 11 is 1.55. The van der Waals surface area contributed by atoms with Gasteiger partial charge in [-0.15, -0.1) is 24.2 Å². The smallest absolute Gasteiger partial charge is 0.259 e. The molecule has 1 saturated heterocycles. The van der Waals surface area contributed by atoms with Crippen molar-refractivity contribution in [1.82, 2.24) is 25.6 Å². The number of hydrogen-bond donors (Lipinski definition) is 4. The Bertz CT molecular complexity index is 844. The molecule has 2 aromatic rings. The Morgan fingerprint density at radius 1 is 1.48 bits per heavy atom. The van der Waals surface area contributed by atoms with Crippen LogP contribution in [0.25, 0.3) is 11.0 Å². The number of nitrogens with zero attached hydrogens (tertiary/aromatic N) is 3. The molecule has 0 aliphatic carbocycles. The number of aliphatic hydroxyl groups is 1. The minimum atomic E-state index is -0.334. The molecule has 2 aliphatic rings. The summed E-state index contributed by atoms with van der Waals surface area (Å²) in [6, 6.07) is 1.99. The lowest BCUT2D eigenvalue weighted by molar-refractivity contribution is -0.117. The van der Waals surface area contributed by atoms with E-state index in [1.165, 1.54) is 6.33 Å². The van der Waals surface area contributed by atoms with Crippen LogP contribution in [0.2, 0.25) is 0 Å². The van der Waals surface area contributed by atoms with Crippen molar-refractivity contribution in [3.05, 3.63) is 29.7 Å². The zero-order valence-electron chi connectivity index (χ0n) is 14.9. The molecule has 0 spiro atoms. The molecule has 0 saturated carbocycles. The van der Waals surface area contributed by atoms with Crippen molar-refractivity contribution in [1.29, 1.82) is 0 Å². The highest BCUT2D eigenvalue weighted by atomic mass is 35.5. The molecule has 1 unspecified atom stereocenters. The van der Waals surface area contributed by atoms with Crippen LogP contribution in [0.15, 0.2) is 29.7 Å². The molecule has 10 heteroatoms. The van der Waals surface area contributed by atoms with Crippen LogP contribution >= 0.6 is 24.2 Å². The van der Waals surface area contributed by atoms with Crippen molar-refractivity contribution in [3.8, 4) is 0 Å². The second kappa shape index (κ2) is 8.47. The van der Waals surface area contributed by atoms with Crippen LogP contribution in [-0.2, 0) is 4.79 Å². The highest BCUT2D eigenvalue weighted by Crippen LogP contribution is 2.29. The molecule has 0 aromatic carbocycles. The zero-order chi connectivity index (χ0) is 18.1. The van der Waals surface area contributed by atoms with Crippen LogP contribution in [-0.4, -0.2) is 63.0 Å². The largest absolute Gasteiger partial charge is 0.392 e. The maximum absolute atomic E-state index is 12.7. The Hall–Kier alpha value is -1.81. The number of thioether (sulfide) groups is 1. The fourth-order valence-electron chi connectivity index (χ4n) is 3.38. The Kier molecular flexibility index (Phi) is 6.25. The number of amides is 1. The number of aliphatic hydroxyl groups excluding tert-OH is 1. The van der Waals surface area contributed by atoms with Crippen LogP contribution in [0.5, 0.6) is 0 Å². The lowest BCUT2D eigenvalue weighted by Crippen LogP contribution is -2.46. The summed E-state index contributed by atoms with van der Waals surface area (Å²) in [6.45, 7) is 3.33. The minimum absolute atomic E-state index is 0. The number of fused-ring (bicyclic) bond motifs is 1. The number of anilines is 1. The van der Waals surface area contributed by atoms with Crippen molar-refractivity contribution in [3.63, 3.8) is 0 Å². The van der Waals surface area contributed by atoms with Crippen molar-refractivity contribution >= 4 is 46.9 Å². The third-order valence-electron chi connectivity index (χ3n) is 4.80. The lowest BCUT2D eigenvalue weighted by atomic mass is 10.1. The molecule has 146 valence electrons. The third-order valence-corrected chi connectivity index (χ3v) is 5.78. The van der Waals surface area contributed by atoms with Gasteiger partial charge in [0.2, 0.25) is 0 Å². The maximum atomic E-state index is 12.7. The lowest BCUT2D eigenvalue weighted by Gasteiger charge is -2.27. The third kappa shape index (κ3) is 4.21. The number of hydrogen-bond acceptors (Lipinski definition) is 7. The van der Waals surface area contributed by atoms with Gasteiger partial charge in [0.15, 0.2) is 0 Å². The van der Waals surface area contributed by atoms with E-state index in [0.29, 0.717) is 17.9 Å². The zero-order valence-corrected chi connectivity index (χ0v) is 16.5. The molecular formula is C17H23ClN6O2S. The first kappa shape index (κ1) is 19.9. The molecule has 4 rings (SSSR count). The van der Waals surface area contributed by atoms with E-state index >= 15 is 0 Å². The monoisotopic (exact) mass is 410 g/mol. The van der Waals surface area contributed by atoms with E-state index in [9.17, 15) is 9.90 Å². The molecule has 2 aliphatic heterocycles. The minimum Gasteiger partial charge on any atom is -0.392 e. The predicted molar refractivity (Wildman–Crippen MR) is 109 cm³/mol. The Morgan fingerprint density at radius 2 is 2.33 bits per heavy atom. The summed E-state index contributed by atoms with van der Waals surface area (Å²) in [6.07, 6.45) is 5.56. The van der Waals surface area contributed by atoms with Gasteiger partial charge in [-0.1, -0.05) is 0 Å². The topological polar surface area (TPSA) is 106 Å². The van der Waals surface area contributed by atoms with Gasteiger partial charge in [-0.2, -0.15) is 0 Å². The molecule has 27 heavy (non-hydrogen) atoms. The summed E-state index contributed by atoms with van der Waals surface area (Å²) < 4.78 is 0. The Morgan fingerprint density at radius 3 is 3.11 bits per heavy atom. The number of H-pyrrole nitrogens is 1. The van der Waals surface area contributed by atoms with Gasteiger partial charge in [0, 0.05) is 43.3 Å². The van der Waals surface area contributed by atoms with Crippen LogP contribution < -0.4 is 15.5 Å². The highest BCUT2D eigenvalue weighted by Gasteiger charge is 2.29. The van der Waals surface area contributed by atoms with Crippen molar-refractivity contribution < 1.29 is 9.90 Å². The highest BCUT2D eigenvalue weighted by molar-refractivity contribution is 8.04. The number of rotatable bonds is 4. The van der Waals surface area contributed by atoms with E-state index in [2.05, 4.69) is 25.6 Å². The van der Waals surface area contributed by atoms with Gasteiger partial charge in [0.25, 0.3) is 5.91 Å². The van der Waals surface area contributed by atoms with Crippen LogP contribution in [0.1, 0.15) is 13.3 Å². The SMILES string of the molecule is CC(NC(=O)C1=CN(c2ncnc3[nH]ccc23)CCS1)[C@@H]1C[C@H](O)CN1.Cl. The fraction of sp³-hybridized carbons (Fsp3) is 0.471. The second-order valence-electron chi connectivity index (χ2n) is 6.64. The standard InChI is InChI=1S/C17H22N6O2S.ClH/c1-10(13-6-11(24)7-19-13)22-17(25)14-8-23(4-5-26-14)16-12-2-3-18-15(12)20-9-21-16;/h2-3,8-11,13,19,24H,4-7H2,1H3,(H,22,25)(H,18,20,21);1H/t10?,11-,13-;/m0./s1. The van der Waals surface area contributed by atoms with Gasteiger partial charge in [-0.05, 0) is 19.4 Å². The van der Waals surface area contributed by atoms with Crippen molar-refractivity contribution in [2.45, 2.75) is 31.5 Å². The molecule has 8 nitrogen and oxygen atoms in total. The van der Waals surface area contributed by atoms with Crippen LogP contribution in [0.4, 0.5) is 5.82 Å². The van der Waals surface area contributed by atoms with Crippen LogP contribution in [0.3, 0.4) is 0 Å². The van der Waals surface area contributed by atoms with Gasteiger partial charge in [0.1, 0.15) is 17.8 Å². The number of carbonyl (C=O) groups excluding carboxylic acids is 1. The first-order valence-electron chi connectivity index (χ1n) is 8.73. The Balaban J connectivity index is 0.00000210. The Labute approximate surface area is 167 Å². The first-order valence-corrected chi connectivity index (χ1v) is 9.72. The summed E-state index contributed by atoms with van der Waals surface area (Å²) in [5, 5.41) is 16.9.